The normalized spacial score (nSPS) is 15.4. The molecule has 0 unspecified atom stereocenters. The standard InChI is InChI=1S/C21H20N2O5S/c1-12-17(27-3)10-5-13(18(12)28-4)11-16-19(24)22-21(29)23(20(16)25)14-6-8-15(26-2)9-7-14/h5-11H,1-4H3,(H,22,24,29)/b16-11+. The minimum Gasteiger partial charge on any atom is -0.497 e. The van der Waals surface area contributed by atoms with E-state index in [0.717, 1.165) is 5.56 Å². The van der Waals surface area contributed by atoms with Gasteiger partial charge >= 0.3 is 0 Å². The molecule has 1 saturated heterocycles. The predicted octanol–water partition coefficient (Wildman–Crippen LogP) is 2.85. The Labute approximate surface area is 173 Å². The van der Waals surface area contributed by atoms with Crippen LogP contribution in [-0.2, 0) is 9.59 Å². The molecule has 150 valence electrons. The molecule has 0 saturated carbocycles. The van der Waals surface area contributed by atoms with Gasteiger partial charge in [0, 0.05) is 11.1 Å². The minimum atomic E-state index is -0.569. The van der Waals surface area contributed by atoms with Crippen LogP contribution in [0.1, 0.15) is 11.1 Å². The first-order chi connectivity index (χ1) is 13.9. The van der Waals surface area contributed by atoms with Crippen LogP contribution in [-0.4, -0.2) is 38.3 Å². The van der Waals surface area contributed by atoms with Crippen LogP contribution in [0, 0.1) is 6.92 Å². The molecule has 8 heteroatoms. The number of nitrogens with one attached hydrogen (secondary N) is 1. The Kier molecular flexibility index (Phi) is 5.84. The summed E-state index contributed by atoms with van der Waals surface area (Å²) in [4.78, 5) is 26.9. The Morgan fingerprint density at radius 1 is 0.966 bits per heavy atom. The second kappa shape index (κ2) is 8.32. The van der Waals surface area contributed by atoms with Gasteiger partial charge in [-0.3, -0.25) is 19.8 Å². The van der Waals surface area contributed by atoms with E-state index < -0.39 is 11.8 Å². The van der Waals surface area contributed by atoms with Gasteiger partial charge in [0.2, 0.25) is 0 Å². The summed E-state index contributed by atoms with van der Waals surface area (Å²) < 4.78 is 15.9. The van der Waals surface area contributed by atoms with E-state index in [4.69, 9.17) is 26.4 Å². The maximum atomic E-state index is 13.1. The first-order valence-electron chi connectivity index (χ1n) is 8.68. The van der Waals surface area contributed by atoms with Gasteiger partial charge in [-0.2, -0.15) is 0 Å². The van der Waals surface area contributed by atoms with E-state index in [-0.39, 0.29) is 10.7 Å². The molecule has 1 aliphatic heterocycles. The van der Waals surface area contributed by atoms with Crippen LogP contribution in [0.15, 0.2) is 42.0 Å². The number of hydrogen-bond acceptors (Lipinski definition) is 6. The smallest absolute Gasteiger partial charge is 0.270 e. The van der Waals surface area contributed by atoms with Gasteiger partial charge in [0.05, 0.1) is 27.0 Å². The molecule has 2 aromatic rings. The quantitative estimate of drug-likeness (QED) is 0.462. The molecule has 2 aromatic carbocycles. The zero-order chi connectivity index (χ0) is 21.1. The number of thiocarbonyl (C=S) groups is 1. The van der Waals surface area contributed by atoms with E-state index in [9.17, 15) is 9.59 Å². The molecule has 0 radical (unpaired) electrons. The van der Waals surface area contributed by atoms with Crippen molar-refractivity contribution in [2.45, 2.75) is 6.92 Å². The fraction of sp³-hybridized carbons (Fsp3) is 0.190. The highest BCUT2D eigenvalue weighted by Crippen LogP contribution is 2.33. The van der Waals surface area contributed by atoms with E-state index >= 15 is 0 Å². The van der Waals surface area contributed by atoms with Crippen LogP contribution >= 0.6 is 12.2 Å². The number of carbonyl (C=O) groups excluding carboxylic acids is 2. The van der Waals surface area contributed by atoms with E-state index in [1.54, 1.807) is 50.6 Å². The van der Waals surface area contributed by atoms with E-state index in [1.165, 1.54) is 18.1 Å². The molecular weight excluding hydrogens is 392 g/mol. The summed E-state index contributed by atoms with van der Waals surface area (Å²) in [7, 11) is 4.63. The largest absolute Gasteiger partial charge is 0.497 e. The maximum absolute atomic E-state index is 13.1. The summed E-state index contributed by atoms with van der Waals surface area (Å²) in [6.45, 7) is 1.83. The molecule has 0 bridgehead atoms. The third-order valence-corrected chi connectivity index (χ3v) is 4.83. The average molecular weight is 412 g/mol. The molecule has 0 aliphatic carbocycles. The van der Waals surface area contributed by atoms with Crippen molar-refractivity contribution in [1.82, 2.24) is 5.32 Å². The van der Waals surface area contributed by atoms with Crippen molar-refractivity contribution < 1.29 is 23.8 Å². The van der Waals surface area contributed by atoms with Crippen molar-refractivity contribution in [2.24, 2.45) is 0 Å². The van der Waals surface area contributed by atoms with Gasteiger partial charge in [0.15, 0.2) is 5.11 Å². The van der Waals surface area contributed by atoms with Gasteiger partial charge in [-0.15, -0.1) is 0 Å². The van der Waals surface area contributed by atoms with Gasteiger partial charge in [-0.05, 0) is 61.6 Å². The lowest BCUT2D eigenvalue weighted by atomic mass is 10.0. The summed E-state index contributed by atoms with van der Waals surface area (Å²) in [6.07, 6.45) is 1.49. The van der Waals surface area contributed by atoms with Crippen molar-refractivity contribution in [3.8, 4) is 17.2 Å². The first-order valence-corrected chi connectivity index (χ1v) is 9.09. The van der Waals surface area contributed by atoms with E-state index in [1.807, 2.05) is 6.92 Å². The molecule has 1 N–H and O–H groups in total. The molecule has 0 spiro atoms. The van der Waals surface area contributed by atoms with Crippen molar-refractivity contribution in [1.29, 1.82) is 0 Å². The van der Waals surface area contributed by atoms with E-state index in [0.29, 0.717) is 28.5 Å². The molecule has 2 amide bonds. The number of carbonyl (C=O) groups is 2. The number of ether oxygens (including phenoxy) is 3. The van der Waals surface area contributed by atoms with Crippen molar-refractivity contribution in [3.05, 3.63) is 53.1 Å². The average Bonchev–Trinajstić information content (AvgIpc) is 2.71. The monoisotopic (exact) mass is 412 g/mol. The Morgan fingerprint density at radius 2 is 1.66 bits per heavy atom. The summed E-state index contributed by atoms with van der Waals surface area (Å²) in [5, 5.41) is 2.58. The van der Waals surface area contributed by atoms with Gasteiger partial charge in [-0.1, -0.05) is 0 Å². The SMILES string of the molecule is COc1ccc(N2C(=O)/C(=C/c3ccc(OC)c(C)c3OC)C(=O)NC2=S)cc1. The fourth-order valence-corrected chi connectivity index (χ4v) is 3.36. The fourth-order valence-electron chi connectivity index (χ4n) is 3.08. The Balaban J connectivity index is 2.05. The van der Waals surface area contributed by atoms with Crippen molar-refractivity contribution in [3.63, 3.8) is 0 Å². The molecule has 0 aromatic heterocycles. The summed E-state index contributed by atoms with van der Waals surface area (Å²) in [6, 6.07) is 10.3. The topological polar surface area (TPSA) is 77.1 Å². The molecule has 7 nitrogen and oxygen atoms in total. The highest BCUT2D eigenvalue weighted by molar-refractivity contribution is 7.80. The van der Waals surface area contributed by atoms with Crippen LogP contribution in [0.4, 0.5) is 5.69 Å². The third kappa shape index (κ3) is 3.79. The molecule has 1 fully saturated rings. The van der Waals surface area contributed by atoms with Crippen LogP contribution < -0.4 is 24.4 Å². The highest BCUT2D eigenvalue weighted by Gasteiger charge is 2.34. The second-order valence-electron chi connectivity index (χ2n) is 6.17. The number of methoxy groups -OCH3 is 3. The lowest BCUT2D eigenvalue weighted by Gasteiger charge is -2.29. The molecule has 29 heavy (non-hydrogen) atoms. The Bertz CT molecular complexity index is 1010. The second-order valence-corrected chi connectivity index (χ2v) is 6.56. The molecule has 1 heterocycles. The Morgan fingerprint density at radius 3 is 2.24 bits per heavy atom. The van der Waals surface area contributed by atoms with Gasteiger partial charge in [0.1, 0.15) is 22.8 Å². The minimum absolute atomic E-state index is 0.0141. The summed E-state index contributed by atoms with van der Waals surface area (Å²) in [5.41, 5.74) is 1.80. The molecule has 0 atom stereocenters. The Hall–Kier alpha value is -3.39. The third-order valence-electron chi connectivity index (χ3n) is 4.54. The number of anilines is 1. The lowest BCUT2D eigenvalue weighted by molar-refractivity contribution is -0.122. The predicted molar refractivity (Wildman–Crippen MR) is 113 cm³/mol. The highest BCUT2D eigenvalue weighted by atomic mass is 32.1. The summed E-state index contributed by atoms with van der Waals surface area (Å²) >= 11 is 5.22. The van der Waals surface area contributed by atoms with Crippen molar-refractivity contribution >= 4 is 40.9 Å². The first kappa shape index (κ1) is 20.3. The van der Waals surface area contributed by atoms with Crippen LogP contribution in [0.5, 0.6) is 17.2 Å². The zero-order valence-electron chi connectivity index (χ0n) is 16.4. The number of rotatable bonds is 5. The van der Waals surface area contributed by atoms with Gasteiger partial charge in [0.25, 0.3) is 11.8 Å². The van der Waals surface area contributed by atoms with E-state index in [2.05, 4.69) is 5.32 Å². The zero-order valence-corrected chi connectivity index (χ0v) is 17.3. The van der Waals surface area contributed by atoms with Crippen LogP contribution in [0.25, 0.3) is 6.08 Å². The molecular formula is C21H20N2O5S. The van der Waals surface area contributed by atoms with Crippen molar-refractivity contribution in [2.75, 3.05) is 26.2 Å². The molecule has 1 aliphatic rings. The van der Waals surface area contributed by atoms with Gasteiger partial charge in [-0.25, -0.2) is 0 Å². The maximum Gasteiger partial charge on any atom is 0.270 e. The number of hydrogen-bond donors (Lipinski definition) is 1. The number of nitrogens with zero attached hydrogens (tertiary/aromatic N) is 1. The van der Waals surface area contributed by atoms with Crippen LogP contribution in [0.3, 0.4) is 0 Å². The summed E-state index contributed by atoms with van der Waals surface area (Å²) in [5.74, 6) is 0.702. The number of benzene rings is 2. The molecule has 3 rings (SSSR count). The van der Waals surface area contributed by atoms with Gasteiger partial charge < -0.3 is 14.2 Å². The van der Waals surface area contributed by atoms with Crippen LogP contribution in [0.2, 0.25) is 0 Å². The number of amides is 2. The lowest BCUT2D eigenvalue weighted by Crippen LogP contribution is -2.54.